The average Bonchev–Trinajstić information content (AvgIpc) is 2.57. The van der Waals surface area contributed by atoms with Crippen molar-refractivity contribution >= 4 is 22.5 Å². The number of H-pyrrole nitrogens is 1. The van der Waals surface area contributed by atoms with Gasteiger partial charge in [0, 0.05) is 28.2 Å². The van der Waals surface area contributed by atoms with Gasteiger partial charge in [-0.1, -0.05) is 31.5 Å². The number of benzene rings is 1. The van der Waals surface area contributed by atoms with Crippen molar-refractivity contribution < 1.29 is 0 Å². The molecule has 2 N–H and O–H groups in total. The van der Waals surface area contributed by atoms with Crippen molar-refractivity contribution in [2.24, 2.45) is 0 Å². The Hall–Kier alpha value is -0.990. The van der Waals surface area contributed by atoms with Crippen molar-refractivity contribution in [3.05, 3.63) is 34.5 Å². The molecule has 3 heteroatoms. The maximum atomic E-state index is 6.00. The van der Waals surface area contributed by atoms with Crippen LogP contribution in [0.1, 0.15) is 31.0 Å². The summed E-state index contributed by atoms with van der Waals surface area (Å²) in [5.41, 5.74) is 3.78. The molecule has 0 radical (unpaired) electrons. The van der Waals surface area contributed by atoms with Gasteiger partial charge in [-0.2, -0.15) is 0 Å². The molecule has 1 aromatic carbocycles. The van der Waals surface area contributed by atoms with Gasteiger partial charge in [-0.05, 0) is 30.7 Å². The zero-order valence-electron chi connectivity index (χ0n) is 9.89. The summed E-state index contributed by atoms with van der Waals surface area (Å²) in [6, 6.07) is 6.02. The lowest BCUT2D eigenvalue weighted by Crippen LogP contribution is -2.07. The highest BCUT2D eigenvalue weighted by atomic mass is 35.5. The standard InChI is InChI=1S/C13H17ClN2/c1-8(2)13-11(7-15-3)10-5-4-9(14)6-12(10)16-13/h4-6,8,15-16H,7H2,1-3H3. The molecule has 1 aromatic heterocycles. The molecule has 86 valence electrons. The van der Waals surface area contributed by atoms with E-state index in [4.69, 9.17) is 11.6 Å². The van der Waals surface area contributed by atoms with Gasteiger partial charge < -0.3 is 10.3 Å². The second-order valence-electron chi connectivity index (χ2n) is 4.39. The number of rotatable bonds is 3. The zero-order valence-corrected chi connectivity index (χ0v) is 10.7. The maximum Gasteiger partial charge on any atom is 0.0474 e. The van der Waals surface area contributed by atoms with Crippen molar-refractivity contribution in [1.29, 1.82) is 0 Å². The molecule has 0 aliphatic carbocycles. The second kappa shape index (κ2) is 4.48. The van der Waals surface area contributed by atoms with E-state index in [1.807, 2.05) is 19.2 Å². The molecule has 2 aromatic rings. The van der Waals surface area contributed by atoms with Crippen LogP contribution < -0.4 is 5.32 Å². The fraction of sp³-hybridized carbons (Fsp3) is 0.385. The molecule has 0 saturated carbocycles. The van der Waals surface area contributed by atoms with E-state index >= 15 is 0 Å². The Morgan fingerprint density at radius 2 is 2.12 bits per heavy atom. The van der Waals surface area contributed by atoms with Crippen LogP contribution in [-0.2, 0) is 6.54 Å². The summed E-state index contributed by atoms with van der Waals surface area (Å²) in [6.45, 7) is 5.28. The molecule has 0 spiro atoms. The van der Waals surface area contributed by atoms with Crippen molar-refractivity contribution in [2.45, 2.75) is 26.3 Å². The van der Waals surface area contributed by atoms with Crippen LogP contribution in [0.5, 0.6) is 0 Å². The van der Waals surface area contributed by atoms with Crippen LogP contribution in [-0.4, -0.2) is 12.0 Å². The van der Waals surface area contributed by atoms with E-state index in [1.165, 1.54) is 16.6 Å². The van der Waals surface area contributed by atoms with Crippen LogP contribution in [0, 0.1) is 0 Å². The number of hydrogen-bond acceptors (Lipinski definition) is 1. The lowest BCUT2D eigenvalue weighted by Gasteiger charge is -2.06. The summed E-state index contributed by atoms with van der Waals surface area (Å²) in [5.74, 6) is 0.495. The Balaban J connectivity index is 2.65. The van der Waals surface area contributed by atoms with Gasteiger partial charge >= 0.3 is 0 Å². The van der Waals surface area contributed by atoms with Gasteiger partial charge in [0.2, 0.25) is 0 Å². The molecule has 16 heavy (non-hydrogen) atoms. The first-order valence-corrected chi connectivity index (χ1v) is 5.96. The normalized spacial score (nSPS) is 11.6. The van der Waals surface area contributed by atoms with Crippen LogP contribution in [0.4, 0.5) is 0 Å². The molecule has 0 fully saturated rings. The Morgan fingerprint density at radius 3 is 2.75 bits per heavy atom. The molecule has 1 heterocycles. The van der Waals surface area contributed by atoms with Gasteiger partial charge in [-0.25, -0.2) is 0 Å². The topological polar surface area (TPSA) is 27.8 Å². The highest BCUT2D eigenvalue weighted by Crippen LogP contribution is 2.29. The Labute approximate surface area is 101 Å². The van der Waals surface area contributed by atoms with E-state index in [1.54, 1.807) is 0 Å². The second-order valence-corrected chi connectivity index (χ2v) is 4.83. The largest absolute Gasteiger partial charge is 0.358 e. The minimum atomic E-state index is 0.495. The SMILES string of the molecule is CNCc1c(C(C)C)[nH]c2cc(Cl)ccc12. The lowest BCUT2D eigenvalue weighted by atomic mass is 10.0. The predicted octanol–water partition coefficient (Wildman–Crippen LogP) is 3.66. The van der Waals surface area contributed by atoms with Crippen molar-refractivity contribution in [2.75, 3.05) is 7.05 Å². The van der Waals surface area contributed by atoms with Crippen LogP contribution in [0.25, 0.3) is 10.9 Å². The maximum absolute atomic E-state index is 6.00. The van der Waals surface area contributed by atoms with E-state index in [9.17, 15) is 0 Å². The van der Waals surface area contributed by atoms with Gasteiger partial charge in [-0.3, -0.25) is 0 Å². The Morgan fingerprint density at radius 1 is 1.38 bits per heavy atom. The summed E-state index contributed by atoms with van der Waals surface area (Å²) < 4.78 is 0. The summed E-state index contributed by atoms with van der Waals surface area (Å²) >= 11 is 6.00. The van der Waals surface area contributed by atoms with Gasteiger partial charge in [0.1, 0.15) is 0 Å². The van der Waals surface area contributed by atoms with Crippen molar-refractivity contribution in [1.82, 2.24) is 10.3 Å². The van der Waals surface area contributed by atoms with E-state index in [2.05, 4.69) is 30.2 Å². The number of fused-ring (bicyclic) bond motifs is 1. The number of halogens is 1. The molecule has 0 aliphatic rings. The van der Waals surface area contributed by atoms with E-state index in [-0.39, 0.29) is 0 Å². The molecule has 2 nitrogen and oxygen atoms in total. The van der Waals surface area contributed by atoms with Crippen LogP contribution in [0.3, 0.4) is 0 Å². The third-order valence-corrected chi connectivity index (χ3v) is 3.07. The van der Waals surface area contributed by atoms with E-state index < -0.39 is 0 Å². The van der Waals surface area contributed by atoms with E-state index in [0.29, 0.717) is 5.92 Å². The molecular formula is C13H17ClN2. The fourth-order valence-electron chi connectivity index (χ4n) is 2.11. The fourth-order valence-corrected chi connectivity index (χ4v) is 2.28. The number of nitrogens with one attached hydrogen (secondary N) is 2. The number of aromatic nitrogens is 1. The molecule has 2 rings (SSSR count). The smallest absolute Gasteiger partial charge is 0.0474 e. The first-order valence-electron chi connectivity index (χ1n) is 5.58. The Bertz CT molecular complexity index is 500. The van der Waals surface area contributed by atoms with Gasteiger partial charge in [0.15, 0.2) is 0 Å². The minimum Gasteiger partial charge on any atom is -0.358 e. The van der Waals surface area contributed by atoms with Gasteiger partial charge in [-0.15, -0.1) is 0 Å². The average molecular weight is 237 g/mol. The van der Waals surface area contributed by atoms with Crippen LogP contribution in [0.15, 0.2) is 18.2 Å². The molecule has 0 atom stereocenters. The van der Waals surface area contributed by atoms with Crippen molar-refractivity contribution in [3.63, 3.8) is 0 Å². The van der Waals surface area contributed by atoms with Crippen LogP contribution >= 0.6 is 11.6 Å². The first kappa shape index (κ1) is 11.5. The highest BCUT2D eigenvalue weighted by molar-refractivity contribution is 6.31. The van der Waals surface area contributed by atoms with Gasteiger partial charge in [0.05, 0.1) is 0 Å². The summed E-state index contributed by atoms with van der Waals surface area (Å²) in [4.78, 5) is 3.46. The molecule has 0 bridgehead atoms. The molecule has 0 saturated heterocycles. The zero-order chi connectivity index (χ0) is 11.7. The first-order chi connectivity index (χ1) is 7.63. The minimum absolute atomic E-state index is 0.495. The summed E-state index contributed by atoms with van der Waals surface area (Å²) in [5, 5.41) is 5.26. The number of aromatic amines is 1. The predicted molar refractivity (Wildman–Crippen MR) is 70.2 cm³/mol. The Kier molecular flexibility index (Phi) is 3.22. The highest BCUT2D eigenvalue weighted by Gasteiger charge is 2.13. The molecule has 0 aliphatic heterocycles. The molecule has 0 unspecified atom stereocenters. The lowest BCUT2D eigenvalue weighted by molar-refractivity contribution is 0.768. The molecule has 0 amide bonds. The summed E-state index contributed by atoms with van der Waals surface area (Å²) in [7, 11) is 1.97. The monoisotopic (exact) mass is 236 g/mol. The van der Waals surface area contributed by atoms with Crippen LogP contribution in [0.2, 0.25) is 5.02 Å². The number of hydrogen-bond donors (Lipinski definition) is 2. The third-order valence-electron chi connectivity index (χ3n) is 2.83. The van der Waals surface area contributed by atoms with Gasteiger partial charge in [0.25, 0.3) is 0 Å². The van der Waals surface area contributed by atoms with Crippen molar-refractivity contribution in [3.8, 4) is 0 Å². The third kappa shape index (κ3) is 1.95. The molecular weight excluding hydrogens is 220 g/mol. The summed E-state index contributed by atoms with van der Waals surface area (Å²) in [6.07, 6.45) is 0. The quantitative estimate of drug-likeness (QED) is 0.836. The van der Waals surface area contributed by atoms with E-state index in [0.717, 1.165) is 17.1 Å².